The number of tetrazole rings is 1. The number of nitrogens with zero attached hydrogens (tertiary/aromatic N) is 7. The Morgan fingerprint density at radius 1 is 1.31 bits per heavy atom. The molecule has 136 valence electrons. The second-order valence-electron chi connectivity index (χ2n) is 5.89. The number of hydrogen-bond acceptors (Lipinski definition) is 6. The van der Waals surface area contributed by atoms with Gasteiger partial charge in [0.1, 0.15) is 12.7 Å². The van der Waals surface area contributed by atoms with E-state index in [-0.39, 0.29) is 11.9 Å². The number of carbonyl (C=O) groups is 1. The van der Waals surface area contributed by atoms with Crippen LogP contribution in [0, 0.1) is 0 Å². The fraction of sp³-hybridized carbons (Fsp3) is 0.375. The van der Waals surface area contributed by atoms with E-state index in [9.17, 15) is 4.79 Å². The van der Waals surface area contributed by atoms with Crippen LogP contribution in [0.25, 0.3) is 11.4 Å². The molecular weight excluding hydrogens is 356 g/mol. The maximum Gasteiger partial charge on any atom is 0.247 e. The molecule has 0 fully saturated rings. The van der Waals surface area contributed by atoms with Gasteiger partial charge in [-0.1, -0.05) is 18.5 Å². The summed E-state index contributed by atoms with van der Waals surface area (Å²) in [6.45, 7) is 4.33. The molecule has 2 aromatic heterocycles. The highest BCUT2D eigenvalue weighted by molar-refractivity contribution is 6.30. The van der Waals surface area contributed by atoms with E-state index in [0.717, 1.165) is 5.56 Å². The average Bonchev–Trinajstić information content (AvgIpc) is 3.28. The molecule has 3 aromatic rings. The molecular formula is C16H19ClN8O. The third-order valence-corrected chi connectivity index (χ3v) is 4.07. The molecule has 1 N–H and O–H groups in total. The molecule has 0 bridgehead atoms. The number of aromatic nitrogens is 7. The zero-order chi connectivity index (χ0) is 18.5. The lowest BCUT2D eigenvalue weighted by molar-refractivity contribution is -0.125. The van der Waals surface area contributed by atoms with Crippen molar-refractivity contribution in [3.8, 4) is 11.4 Å². The van der Waals surface area contributed by atoms with Crippen molar-refractivity contribution in [2.75, 3.05) is 0 Å². The van der Waals surface area contributed by atoms with Gasteiger partial charge in [0.15, 0.2) is 6.04 Å². The lowest BCUT2D eigenvalue weighted by Gasteiger charge is -2.18. The van der Waals surface area contributed by atoms with Crippen molar-refractivity contribution in [1.82, 2.24) is 40.3 Å². The molecule has 0 radical (unpaired) electrons. The second-order valence-corrected chi connectivity index (χ2v) is 6.33. The SMILES string of the molecule is CCC(C(=O)NC(C)Cn1cncn1)n1nnc(-c2ccc(Cl)cc2)n1. The van der Waals surface area contributed by atoms with Crippen LogP contribution in [0.5, 0.6) is 0 Å². The monoisotopic (exact) mass is 374 g/mol. The summed E-state index contributed by atoms with van der Waals surface area (Å²) in [4.78, 5) is 17.8. The number of rotatable bonds is 7. The highest BCUT2D eigenvalue weighted by Gasteiger charge is 2.23. The molecule has 2 unspecified atom stereocenters. The number of benzene rings is 1. The van der Waals surface area contributed by atoms with Gasteiger partial charge in [-0.3, -0.25) is 9.48 Å². The van der Waals surface area contributed by atoms with Gasteiger partial charge in [0.05, 0.1) is 6.54 Å². The van der Waals surface area contributed by atoms with Gasteiger partial charge in [-0.15, -0.1) is 10.2 Å². The molecule has 0 saturated carbocycles. The fourth-order valence-corrected chi connectivity index (χ4v) is 2.64. The third kappa shape index (κ3) is 4.23. The first-order valence-corrected chi connectivity index (χ1v) is 8.63. The summed E-state index contributed by atoms with van der Waals surface area (Å²) in [6, 6.07) is 6.48. The molecule has 0 aliphatic heterocycles. The summed E-state index contributed by atoms with van der Waals surface area (Å²) in [5, 5.41) is 20.1. The normalized spacial score (nSPS) is 13.3. The summed E-state index contributed by atoms with van der Waals surface area (Å²) in [7, 11) is 0. The molecule has 0 saturated heterocycles. The number of carbonyl (C=O) groups excluding carboxylic acids is 1. The van der Waals surface area contributed by atoms with Crippen molar-refractivity contribution in [3.05, 3.63) is 41.9 Å². The Morgan fingerprint density at radius 2 is 2.08 bits per heavy atom. The standard InChI is InChI=1S/C16H19ClN8O/c1-3-14(16(26)20-11(2)8-24-10-18-9-19-24)25-22-15(21-23-25)12-4-6-13(17)7-5-12/h4-7,9-11,14H,3,8H2,1-2H3,(H,20,26). The third-order valence-electron chi connectivity index (χ3n) is 3.81. The van der Waals surface area contributed by atoms with Crippen molar-refractivity contribution in [2.45, 2.75) is 38.9 Å². The smallest absolute Gasteiger partial charge is 0.247 e. The molecule has 26 heavy (non-hydrogen) atoms. The van der Waals surface area contributed by atoms with Crippen molar-refractivity contribution >= 4 is 17.5 Å². The maximum atomic E-state index is 12.6. The Bertz CT molecular complexity index is 846. The molecule has 0 aliphatic carbocycles. The molecule has 0 spiro atoms. The van der Waals surface area contributed by atoms with Gasteiger partial charge in [-0.05, 0) is 42.8 Å². The van der Waals surface area contributed by atoms with Gasteiger partial charge in [0, 0.05) is 16.6 Å². The Morgan fingerprint density at radius 3 is 2.73 bits per heavy atom. The Balaban J connectivity index is 1.68. The minimum absolute atomic E-state index is 0.113. The molecule has 10 heteroatoms. The predicted octanol–water partition coefficient (Wildman–Crippen LogP) is 1.74. The van der Waals surface area contributed by atoms with E-state index in [0.29, 0.717) is 23.8 Å². The van der Waals surface area contributed by atoms with Crippen LogP contribution in [0.15, 0.2) is 36.9 Å². The molecule has 2 atom stereocenters. The zero-order valence-electron chi connectivity index (χ0n) is 14.4. The quantitative estimate of drug-likeness (QED) is 0.675. The summed E-state index contributed by atoms with van der Waals surface area (Å²) in [5.41, 5.74) is 0.787. The molecule has 3 rings (SSSR count). The van der Waals surface area contributed by atoms with Crippen molar-refractivity contribution in [3.63, 3.8) is 0 Å². The second kappa shape index (κ2) is 8.05. The first-order valence-electron chi connectivity index (χ1n) is 8.25. The molecule has 9 nitrogen and oxygen atoms in total. The number of amides is 1. The van der Waals surface area contributed by atoms with Crippen LogP contribution >= 0.6 is 11.6 Å². The summed E-state index contributed by atoms with van der Waals surface area (Å²) in [5.74, 6) is 0.281. The van der Waals surface area contributed by atoms with E-state index in [1.54, 1.807) is 23.1 Å². The summed E-state index contributed by atoms with van der Waals surface area (Å²) < 4.78 is 1.66. The van der Waals surface area contributed by atoms with E-state index < -0.39 is 6.04 Å². The van der Waals surface area contributed by atoms with Gasteiger partial charge in [0.25, 0.3) is 0 Å². The van der Waals surface area contributed by atoms with E-state index in [1.807, 2.05) is 26.0 Å². The molecule has 1 amide bonds. The molecule has 2 heterocycles. The van der Waals surface area contributed by atoms with Crippen LogP contribution in [-0.4, -0.2) is 46.9 Å². The van der Waals surface area contributed by atoms with Crippen molar-refractivity contribution < 1.29 is 4.79 Å². The largest absolute Gasteiger partial charge is 0.350 e. The van der Waals surface area contributed by atoms with Crippen LogP contribution in [0.4, 0.5) is 0 Å². The van der Waals surface area contributed by atoms with Gasteiger partial charge >= 0.3 is 0 Å². The Labute approximate surface area is 155 Å². The van der Waals surface area contributed by atoms with Gasteiger partial charge in [-0.25, -0.2) is 4.98 Å². The van der Waals surface area contributed by atoms with Gasteiger partial charge < -0.3 is 5.32 Å². The highest BCUT2D eigenvalue weighted by atomic mass is 35.5. The fourth-order valence-electron chi connectivity index (χ4n) is 2.52. The van der Waals surface area contributed by atoms with E-state index in [4.69, 9.17) is 11.6 Å². The van der Waals surface area contributed by atoms with Crippen LogP contribution in [0.3, 0.4) is 0 Å². The minimum Gasteiger partial charge on any atom is -0.350 e. The summed E-state index contributed by atoms with van der Waals surface area (Å²) in [6.07, 6.45) is 3.61. The number of hydrogen-bond donors (Lipinski definition) is 1. The van der Waals surface area contributed by atoms with Crippen LogP contribution in [0.1, 0.15) is 26.3 Å². The van der Waals surface area contributed by atoms with E-state index in [1.165, 1.54) is 11.1 Å². The Kier molecular flexibility index (Phi) is 5.57. The van der Waals surface area contributed by atoms with Crippen molar-refractivity contribution in [2.24, 2.45) is 0 Å². The number of halogens is 1. The van der Waals surface area contributed by atoms with Crippen molar-refractivity contribution in [1.29, 1.82) is 0 Å². The Hall–Kier alpha value is -2.81. The highest BCUT2D eigenvalue weighted by Crippen LogP contribution is 2.18. The summed E-state index contributed by atoms with van der Waals surface area (Å²) >= 11 is 5.89. The van der Waals surface area contributed by atoms with E-state index >= 15 is 0 Å². The average molecular weight is 375 g/mol. The lowest BCUT2D eigenvalue weighted by Crippen LogP contribution is -2.40. The maximum absolute atomic E-state index is 12.6. The van der Waals surface area contributed by atoms with Gasteiger partial charge in [0.2, 0.25) is 11.7 Å². The van der Waals surface area contributed by atoms with Crippen LogP contribution < -0.4 is 5.32 Å². The zero-order valence-corrected chi connectivity index (χ0v) is 15.2. The predicted molar refractivity (Wildman–Crippen MR) is 95.2 cm³/mol. The van der Waals surface area contributed by atoms with E-state index in [2.05, 4.69) is 30.8 Å². The molecule has 1 aromatic carbocycles. The first kappa shape index (κ1) is 18.0. The number of nitrogens with one attached hydrogen (secondary N) is 1. The van der Waals surface area contributed by atoms with Gasteiger partial charge in [-0.2, -0.15) is 9.90 Å². The van der Waals surface area contributed by atoms with Crippen LogP contribution in [-0.2, 0) is 11.3 Å². The lowest BCUT2D eigenvalue weighted by atomic mass is 10.2. The topological polar surface area (TPSA) is 103 Å². The minimum atomic E-state index is -0.540. The first-order chi connectivity index (χ1) is 12.6. The molecule has 0 aliphatic rings. The van der Waals surface area contributed by atoms with Crippen LogP contribution in [0.2, 0.25) is 5.02 Å².